The summed E-state index contributed by atoms with van der Waals surface area (Å²) in [6.07, 6.45) is 2.04. The van der Waals surface area contributed by atoms with Crippen molar-refractivity contribution in [3.8, 4) is 0 Å². The molecule has 1 aromatic carbocycles. The number of carbonyl (C=O) groups is 1. The summed E-state index contributed by atoms with van der Waals surface area (Å²) in [5, 5.41) is 3.11. The second-order valence-corrected chi connectivity index (χ2v) is 3.84. The van der Waals surface area contributed by atoms with E-state index in [0.29, 0.717) is 6.54 Å². The fraction of sp³-hybridized carbons (Fsp3) is 0.462. The highest BCUT2D eigenvalue weighted by molar-refractivity contribution is 5.51. The van der Waals surface area contributed by atoms with Crippen LogP contribution in [0.15, 0.2) is 30.3 Å². The molecule has 1 rings (SSSR count). The molecule has 0 radical (unpaired) electrons. The lowest BCUT2D eigenvalue weighted by Gasteiger charge is -2.19. The number of hydrogen-bond acceptors (Lipinski definition) is 3. The summed E-state index contributed by atoms with van der Waals surface area (Å²) in [5.41, 5.74) is 1.26. The summed E-state index contributed by atoms with van der Waals surface area (Å²) in [7, 11) is 1.95. The molecule has 0 bridgehead atoms. The van der Waals surface area contributed by atoms with Gasteiger partial charge in [0.2, 0.25) is 0 Å². The number of hydrogen-bond donors (Lipinski definition) is 1. The van der Waals surface area contributed by atoms with Crippen molar-refractivity contribution in [1.29, 1.82) is 0 Å². The number of aldehydes is 1. The van der Waals surface area contributed by atoms with E-state index in [4.69, 9.17) is 0 Å². The Morgan fingerprint density at radius 2 is 2.06 bits per heavy atom. The van der Waals surface area contributed by atoms with Crippen molar-refractivity contribution < 1.29 is 4.79 Å². The lowest BCUT2D eigenvalue weighted by molar-refractivity contribution is -0.109. The lowest BCUT2D eigenvalue weighted by atomic mass is 10.2. The number of benzene rings is 1. The molecule has 0 aliphatic rings. The first-order chi connectivity index (χ1) is 7.86. The van der Waals surface area contributed by atoms with E-state index in [1.807, 2.05) is 25.2 Å². The summed E-state index contributed by atoms with van der Waals surface area (Å²) in [5.74, 6) is 0. The topological polar surface area (TPSA) is 32.3 Å². The van der Waals surface area contributed by atoms with Crippen LogP contribution in [0.3, 0.4) is 0 Å². The fourth-order valence-electron chi connectivity index (χ4n) is 1.66. The van der Waals surface area contributed by atoms with Crippen LogP contribution < -0.4 is 5.32 Å². The second-order valence-electron chi connectivity index (χ2n) is 3.84. The Labute approximate surface area is 97.5 Å². The Kier molecular flexibility index (Phi) is 6.45. The number of nitrogens with one attached hydrogen (secondary N) is 1. The molecule has 0 heterocycles. The van der Waals surface area contributed by atoms with Crippen molar-refractivity contribution in [3.05, 3.63) is 35.9 Å². The van der Waals surface area contributed by atoms with Gasteiger partial charge < -0.3 is 10.1 Å². The first-order valence-corrected chi connectivity index (χ1v) is 5.71. The van der Waals surface area contributed by atoms with Crippen LogP contribution in [0.2, 0.25) is 0 Å². The maximum atomic E-state index is 10.6. The zero-order chi connectivity index (χ0) is 11.6. The molecule has 16 heavy (non-hydrogen) atoms. The van der Waals surface area contributed by atoms with E-state index in [1.54, 1.807) is 0 Å². The molecule has 1 aromatic rings. The third kappa shape index (κ3) is 5.05. The zero-order valence-corrected chi connectivity index (χ0v) is 9.86. The summed E-state index contributed by atoms with van der Waals surface area (Å²) < 4.78 is 0. The van der Waals surface area contributed by atoms with Gasteiger partial charge in [0.25, 0.3) is 0 Å². The largest absolute Gasteiger partial charge is 0.320 e. The van der Waals surface area contributed by atoms with Crippen LogP contribution in [0, 0.1) is 0 Å². The molecule has 0 saturated heterocycles. The van der Waals surface area contributed by atoms with Gasteiger partial charge in [0.05, 0.1) is 6.54 Å². The lowest BCUT2D eigenvalue weighted by Crippen LogP contribution is -2.28. The predicted octanol–water partition coefficient (Wildman–Crippen LogP) is 1.30. The van der Waals surface area contributed by atoms with Crippen molar-refractivity contribution >= 4 is 6.29 Å². The maximum Gasteiger partial charge on any atom is 0.133 e. The monoisotopic (exact) mass is 220 g/mol. The molecule has 3 nitrogen and oxygen atoms in total. The highest BCUT2D eigenvalue weighted by atomic mass is 16.1. The minimum absolute atomic E-state index is 0.513. The van der Waals surface area contributed by atoms with Gasteiger partial charge in [-0.1, -0.05) is 30.3 Å². The van der Waals surface area contributed by atoms with Crippen LogP contribution in [0.4, 0.5) is 0 Å². The smallest absolute Gasteiger partial charge is 0.133 e. The molecule has 0 atom stereocenters. The minimum Gasteiger partial charge on any atom is -0.320 e. The van der Waals surface area contributed by atoms with Crippen LogP contribution in [0.1, 0.15) is 12.0 Å². The van der Waals surface area contributed by atoms with Gasteiger partial charge in [-0.15, -0.1) is 0 Å². The van der Waals surface area contributed by atoms with Crippen LogP contribution in [0.25, 0.3) is 0 Å². The quantitative estimate of drug-likeness (QED) is 0.529. The Bertz CT molecular complexity index is 287. The van der Waals surface area contributed by atoms with E-state index in [2.05, 4.69) is 22.3 Å². The van der Waals surface area contributed by atoms with Crippen molar-refractivity contribution in [3.63, 3.8) is 0 Å². The van der Waals surface area contributed by atoms with Crippen LogP contribution in [0.5, 0.6) is 0 Å². The minimum atomic E-state index is 0.513. The van der Waals surface area contributed by atoms with Gasteiger partial charge in [0.15, 0.2) is 0 Å². The van der Waals surface area contributed by atoms with Crippen molar-refractivity contribution in [2.45, 2.75) is 13.0 Å². The third-order valence-corrected chi connectivity index (χ3v) is 2.48. The molecule has 0 saturated carbocycles. The van der Waals surface area contributed by atoms with Crippen LogP contribution >= 0.6 is 0 Å². The average molecular weight is 220 g/mol. The predicted molar refractivity (Wildman–Crippen MR) is 66.3 cm³/mol. The molecule has 0 amide bonds. The van der Waals surface area contributed by atoms with Gasteiger partial charge in [0, 0.05) is 13.1 Å². The molecule has 0 spiro atoms. The SMILES string of the molecule is CNCCCN(CC=O)Cc1ccccc1. The second kappa shape index (κ2) is 8.02. The number of nitrogens with zero attached hydrogens (tertiary/aromatic N) is 1. The molecule has 0 unspecified atom stereocenters. The third-order valence-electron chi connectivity index (χ3n) is 2.48. The first-order valence-electron chi connectivity index (χ1n) is 5.71. The Morgan fingerprint density at radius 1 is 1.31 bits per heavy atom. The molecule has 0 fully saturated rings. The van der Waals surface area contributed by atoms with Crippen molar-refractivity contribution in [2.75, 3.05) is 26.7 Å². The normalized spacial score (nSPS) is 10.6. The van der Waals surface area contributed by atoms with Gasteiger partial charge in [-0.25, -0.2) is 0 Å². The molecule has 0 aliphatic carbocycles. The molecular weight excluding hydrogens is 200 g/mol. The van der Waals surface area contributed by atoms with Crippen molar-refractivity contribution in [2.24, 2.45) is 0 Å². The maximum absolute atomic E-state index is 10.6. The number of rotatable bonds is 8. The molecular formula is C13H20N2O. The fourth-order valence-corrected chi connectivity index (χ4v) is 1.66. The van der Waals surface area contributed by atoms with E-state index in [9.17, 15) is 4.79 Å². The average Bonchev–Trinajstić information content (AvgIpc) is 2.31. The van der Waals surface area contributed by atoms with E-state index < -0.39 is 0 Å². The molecule has 0 aliphatic heterocycles. The first kappa shape index (κ1) is 12.9. The Balaban J connectivity index is 2.41. The molecule has 3 heteroatoms. The van der Waals surface area contributed by atoms with Gasteiger partial charge in [-0.05, 0) is 25.6 Å². The van der Waals surface area contributed by atoms with E-state index >= 15 is 0 Å². The summed E-state index contributed by atoms with van der Waals surface area (Å²) in [4.78, 5) is 12.7. The molecule has 1 N–H and O–H groups in total. The van der Waals surface area contributed by atoms with E-state index in [-0.39, 0.29) is 0 Å². The standard InChI is InChI=1S/C13H20N2O/c1-14-8-5-9-15(10-11-16)12-13-6-3-2-4-7-13/h2-4,6-7,11,14H,5,8-10,12H2,1H3. The van der Waals surface area contributed by atoms with E-state index in [1.165, 1.54) is 5.56 Å². The van der Waals surface area contributed by atoms with Gasteiger partial charge in [0.1, 0.15) is 6.29 Å². The van der Waals surface area contributed by atoms with Gasteiger partial charge in [-0.3, -0.25) is 4.90 Å². The van der Waals surface area contributed by atoms with Crippen molar-refractivity contribution in [1.82, 2.24) is 10.2 Å². The highest BCUT2D eigenvalue weighted by Crippen LogP contribution is 2.04. The number of carbonyl (C=O) groups excluding carboxylic acids is 1. The molecule has 0 aromatic heterocycles. The zero-order valence-electron chi connectivity index (χ0n) is 9.86. The Hall–Kier alpha value is -1.19. The van der Waals surface area contributed by atoms with Gasteiger partial charge in [-0.2, -0.15) is 0 Å². The van der Waals surface area contributed by atoms with Crippen LogP contribution in [-0.4, -0.2) is 37.9 Å². The summed E-state index contributed by atoms with van der Waals surface area (Å²) >= 11 is 0. The highest BCUT2D eigenvalue weighted by Gasteiger charge is 2.04. The van der Waals surface area contributed by atoms with Gasteiger partial charge >= 0.3 is 0 Å². The summed E-state index contributed by atoms with van der Waals surface area (Å²) in [6, 6.07) is 10.3. The summed E-state index contributed by atoms with van der Waals surface area (Å²) in [6.45, 7) is 3.31. The Morgan fingerprint density at radius 3 is 2.69 bits per heavy atom. The van der Waals surface area contributed by atoms with Crippen LogP contribution in [-0.2, 0) is 11.3 Å². The molecule has 88 valence electrons. The van der Waals surface area contributed by atoms with E-state index in [0.717, 1.165) is 32.3 Å².